The van der Waals surface area contributed by atoms with Crippen LogP contribution in [0.5, 0.6) is 0 Å². The largest absolute Gasteiger partial charge is 0.395 e. The minimum Gasteiger partial charge on any atom is -0.395 e. The van der Waals surface area contributed by atoms with Crippen molar-refractivity contribution in [1.82, 2.24) is 4.98 Å². The molecule has 1 unspecified atom stereocenters. The van der Waals surface area contributed by atoms with Crippen LogP contribution in [0.1, 0.15) is 11.3 Å². The van der Waals surface area contributed by atoms with Gasteiger partial charge in [-0.2, -0.15) is 0 Å². The molecule has 0 fully saturated rings. The second-order valence-corrected chi connectivity index (χ2v) is 4.83. The fourth-order valence-corrected chi connectivity index (χ4v) is 1.95. The highest BCUT2D eigenvalue weighted by Gasteiger charge is 2.00. The van der Waals surface area contributed by atoms with Crippen molar-refractivity contribution in [2.45, 2.75) is 13.3 Å². The molecule has 0 bridgehead atoms. The first-order chi connectivity index (χ1) is 6.72. The van der Waals surface area contributed by atoms with Crippen molar-refractivity contribution < 1.29 is 9.32 Å². The van der Waals surface area contributed by atoms with Crippen LogP contribution in [-0.2, 0) is 17.2 Å². The van der Waals surface area contributed by atoms with E-state index in [0.29, 0.717) is 11.5 Å². The van der Waals surface area contributed by atoms with Gasteiger partial charge in [0.1, 0.15) is 0 Å². The maximum Gasteiger partial charge on any atom is 0.0546 e. The van der Waals surface area contributed by atoms with Gasteiger partial charge >= 0.3 is 0 Å². The van der Waals surface area contributed by atoms with Crippen LogP contribution in [-0.4, -0.2) is 32.4 Å². The number of pyridine rings is 1. The van der Waals surface area contributed by atoms with Crippen molar-refractivity contribution in [3.8, 4) is 0 Å². The molecule has 4 heteroatoms. The molecule has 1 aromatic rings. The zero-order valence-electron chi connectivity index (χ0n) is 8.27. The first-order valence-electron chi connectivity index (χ1n) is 4.59. The Bertz CT molecular complexity index is 297. The number of aryl methyl sites for hydroxylation is 2. The predicted octanol–water partition coefficient (Wildman–Crippen LogP) is 0.674. The topological polar surface area (TPSA) is 50.2 Å². The Hall–Kier alpha value is -0.740. The van der Waals surface area contributed by atoms with Crippen LogP contribution in [0.25, 0.3) is 0 Å². The van der Waals surface area contributed by atoms with Crippen LogP contribution in [0.4, 0.5) is 0 Å². The van der Waals surface area contributed by atoms with Crippen molar-refractivity contribution in [3.05, 3.63) is 29.6 Å². The van der Waals surface area contributed by atoms with E-state index in [2.05, 4.69) is 4.98 Å². The van der Waals surface area contributed by atoms with Crippen molar-refractivity contribution in [1.29, 1.82) is 0 Å². The Morgan fingerprint density at radius 3 is 2.79 bits per heavy atom. The average molecular weight is 213 g/mol. The van der Waals surface area contributed by atoms with E-state index in [-0.39, 0.29) is 6.61 Å². The molecule has 1 rings (SSSR count). The van der Waals surface area contributed by atoms with Gasteiger partial charge in [0.15, 0.2) is 0 Å². The predicted molar refractivity (Wildman–Crippen MR) is 57.6 cm³/mol. The van der Waals surface area contributed by atoms with E-state index in [1.165, 1.54) is 0 Å². The lowest BCUT2D eigenvalue weighted by Crippen LogP contribution is -2.08. The maximum atomic E-state index is 11.2. The molecule has 0 saturated carbocycles. The van der Waals surface area contributed by atoms with Crippen LogP contribution in [0, 0.1) is 6.92 Å². The number of aliphatic hydroxyl groups is 1. The molecule has 1 aromatic heterocycles. The lowest BCUT2D eigenvalue weighted by atomic mass is 10.2. The Morgan fingerprint density at radius 1 is 1.43 bits per heavy atom. The monoisotopic (exact) mass is 213 g/mol. The molecular formula is C10H15NO2S. The Morgan fingerprint density at radius 2 is 2.21 bits per heavy atom. The molecule has 0 radical (unpaired) electrons. The van der Waals surface area contributed by atoms with Gasteiger partial charge in [0.25, 0.3) is 0 Å². The van der Waals surface area contributed by atoms with Gasteiger partial charge in [0, 0.05) is 34.2 Å². The first kappa shape index (κ1) is 11.3. The van der Waals surface area contributed by atoms with Gasteiger partial charge in [-0.25, -0.2) is 0 Å². The molecule has 0 amide bonds. The normalized spacial score (nSPS) is 12.7. The van der Waals surface area contributed by atoms with Crippen LogP contribution in [0.2, 0.25) is 0 Å². The molecule has 1 atom stereocenters. The van der Waals surface area contributed by atoms with Crippen LogP contribution in [0.3, 0.4) is 0 Å². The van der Waals surface area contributed by atoms with Gasteiger partial charge in [-0.3, -0.25) is 9.19 Å². The lowest BCUT2D eigenvalue weighted by molar-refractivity contribution is 0.321. The molecule has 0 aliphatic rings. The van der Waals surface area contributed by atoms with Gasteiger partial charge in [0.05, 0.1) is 6.61 Å². The molecule has 0 aliphatic heterocycles. The van der Waals surface area contributed by atoms with E-state index >= 15 is 0 Å². The van der Waals surface area contributed by atoms with E-state index < -0.39 is 10.8 Å². The molecule has 1 heterocycles. The van der Waals surface area contributed by atoms with Gasteiger partial charge < -0.3 is 5.11 Å². The SMILES string of the molecule is Cc1ccc(CCS(=O)CCO)cn1. The molecule has 1 N–H and O–H groups in total. The quantitative estimate of drug-likeness (QED) is 0.782. The molecule has 3 nitrogen and oxygen atoms in total. The third-order valence-electron chi connectivity index (χ3n) is 1.91. The molecule has 14 heavy (non-hydrogen) atoms. The third kappa shape index (κ3) is 3.98. The zero-order chi connectivity index (χ0) is 10.4. The minimum atomic E-state index is -0.904. The number of hydrogen-bond acceptors (Lipinski definition) is 3. The fourth-order valence-electron chi connectivity index (χ4n) is 1.08. The number of nitrogens with zero attached hydrogens (tertiary/aromatic N) is 1. The fraction of sp³-hybridized carbons (Fsp3) is 0.500. The molecule has 0 aliphatic carbocycles. The first-order valence-corrected chi connectivity index (χ1v) is 6.08. The highest BCUT2D eigenvalue weighted by molar-refractivity contribution is 7.84. The zero-order valence-corrected chi connectivity index (χ0v) is 9.09. The number of aliphatic hydroxyl groups excluding tert-OH is 1. The summed E-state index contributed by atoms with van der Waals surface area (Å²) in [6.07, 6.45) is 2.57. The highest BCUT2D eigenvalue weighted by atomic mass is 32.2. The summed E-state index contributed by atoms with van der Waals surface area (Å²) in [6, 6.07) is 3.95. The maximum absolute atomic E-state index is 11.2. The molecule has 0 saturated heterocycles. The summed E-state index contributed by atoms with van der Waals surface area (Å²) < 4.78 is 11.2. The van der Waals surface area contributed by atoms with Crippen molar-refractivity contribution in [2.24, 2.45) is 0 Å². The summed E-state index contributed by atoms with van der Waals surface area (Å²) in [5.74, 6) is 0.977. The number of rotatable bonds is 5. The molecule has 0 spiro atoms. The summed E-state index contributed by atoms with van der Waals surface area (Å²) in [4.78, 5) is 4.15. The average Bonchev–Trinajstić information content (AvgIpc) is 2.17. The summed E-state index contributed by atoms with van der Waals surface area (Å²) in [6.45, 7) is 1.94. The van der Waals surface area contributed by atoms with Gasteiger partial charge in [-0.15, -0.1) is 0 Å². The smallest absolute Gasteiger partial charge is 0.0546 e. The van der Waals surface area contributed by atoms with Crippen molar-refractivity contribution in [2.75, 3.05) is 18.1 Å². The summed E-state index contributed by atoms with van der Waals surface area (Å²) in [5, 5.41) is 8.56. The minimum absolute atomic E-state index is 0.00123. The van der Waals surface area contributed by atoms with E-state index in [0.717, 1.165) is 17.7 Å². The second kappa shape index (κ2) is 5.88. The Labute approximate surface area is 86.6 Å². The molecule has 0 aromatic carbocycles. The van der Waals surface area contributed by atoms with Crippen LogP contribution in [0.15, 0.2) is 18.3 Å². The number of aromatic nitrogens is 1. The standard InChI is InChI=1S/C10H15NO2S/c1-9-2-3-10(8-11-9)4-6-14(13)7-5-12/h2-3,8,12H,4-7H2,1H3. The highest BCUT2D eigenvalue weighted by Crippen LogP contribution is 2.01. The molecular weight excluding hydrogens is 198 g/mol. The molecule has 78 valence electrons. The summed E-state index contributed by atoms with van der Waals surface area (Å²) >= 11 is 0. The lowest BCUT2D eigenvalue weighted by Gasteiger charge is -2.01. The van der Waals surface area contributed by atoms with Gasteiger partial charge in [-0.05, 0) is 25.0 Å². The van der Waals surface area contributed by atoms with E-state index in [1.807, 2.05) is 25.3 Å². The van der Waals surface area contributed by atoms with Crippen LogP contribution < -0.4 is 0 Å². The van der Waals surface area contributed by atoms with E-state index in [4.69, 9.17) is 5.11 Å². The Kier molecular flexibility index (Phi) is 4.76. The third-order valence-corrected chi connectivity index (χ3v) is 3.21. The van der Waals surface area contributed by atoms with Crippen molar-refractivity contribution >= 4 is 10.8 Å². The van der Waals surface area contributed by atoms with E-state index in [9.17, 15) is 4.21 Å². The van der Waals surface area contributed by atoms with Gasteiger partial charge in [-0.1, -0.05) is 6.07 Å². The van der Waals surface area contributed by atoms with E-state index in [1.54, 1.807) is 0 Å². The van der Waals surface area contributed by atoms with Gasteiger partial charge in [0.2, 0.25) is 0 Å². The van der Waals surface area contributed by atoms with Crippen molar-refractivity contribution in [3.63, 3.8) is 0 Å². The second-order valence-electron chi connectivity index (χ2n) is 3.13. The number of hydrogen-bond donors (Lipinski definition) is 1. The summed E-state index contributed by atoms with van der Waals surface area (Å²) in [5.41, 5.74) is 2.09. The van der Waals surface area contributed by atoms with Crippen LogP contribution >= 0.6 is 0 Å². The Balaban J connectivity index is 2.38. The summed E-state index contributed by atoms with van der Waals surface area (Å²) in [7, 11) is -0.904.